The van der Waals surface area contributed by atoms with Gasteiger partial charge in [-0.15, -0.1) is 12.4 Å². The average molecular weight is 243 g/mol. The van der Waals surface area contributed by atoms with Gasteiger partial charge >= 0.3 is 0 Å². The largest absolute Gasteiger partial charge is 0.494 e. The predicted octanol–water partition coefficient (Wildman–Crippen LogP) is 2.88. The number of ether oxygens (including phenoxy) is 1. The van der Waals surface area contributed by atoms with Crippen LogP contribution >= 0.6 is 35.6 Å². The number of benzene rings is 1. The molecule has 0 heterocycles. The fraction of sp³-hybridized carbons (Fsp3) is 0.250. The number of nitrogens with two attached hydrogens (primary N) is 1. The molecule has 5 heteroatoms. The Balaban J connectivity index is 0.00000144. The van der Waals surface area contributed by atoms with Crippen LogP contribution < -0.4 is 10.5 Å². The summed E-state index contributed by atoms with van der Waals surface area (Å²) in [5.74, 6) is 0.496. The highest BCUT2D eigenvalue weighted by Gasteiger charge is 2.06. The van der Waals surface area contributed by atoms with Gasteiger partial charge in [-0.05, 0) is 17.7 Å². The van der Waals surface area contributed by atoms with Crippen molar-refractivity contribution in [3.8, 4) is 5.75 Å². The fourth-order valence-corrected chi connectivity index (χ4v) is 1.61. The van der Waals surface area contributed by atoms with Crippen LogP contribution in [0.4, 0.5) is 0 Å². The lowest BCUT2D eigenvalue weighted by molar-refractivity contribution is 0.415. The van der Waals surface area contributed by atoms with Gasteiger partial charge in [-0.1, -0.05) is 23.2 Å². The summed E-state index contributed by atoms with van der Waals surface area (Å²) >= 11 is 11.7. The monoisotopic (exact) mass is 241 g/mol. The Morgan fingerprint density at radius 2 is 1.77 bits per heavy atom. The van der Waals surface area contributed by atoms with Crippen molar-refractivity contribution in [3.63, 3.8) is 0 Å². The van der Waals surface area contributed by atoms with Gasteiger partial charge in [0.2, 0.25) is 0 Å². The van der Waals surface area contributed by atoms with Crippen LogP contribution in [-0.2, 0) is 6.54 Å². The number of halogens is 3. The van der Waals surface area contributed by atoms with E-state index in [1.165, 1.54) is 7.11 Å². The van der Waals surface area contributed by atoms with Gasteiger partial charge in [-0.3, -0.25) is 0 Å². The van der Waals surface area contributed by atoms with Crippen molar-refractivity contribution >= 4 is 35.6 Å². The van der Waals surface area contributed by atoms with Gasteiger partial charge < -0.3 is 10.5 Å². The molecule has 74 valence electrons. The lowest BCUT2D eigenvalue weighted by atomic mass is 10.2. The van der Waals surface area contributed by atoms with Gasteiger partial charge in [0, 0.05) is 6.54 Å². The predicted molar refractivity (Wildman–Crippen MR) is 58.2 cm³/mol. The summed E-state index contributed by atoms with van der Waals surface area (Å²) in [5.41, 5.74) is 6.32. The van der Waals surface area contributed by atoms with Gasteiger partial charge in [0.25, 0.3) is 0 Å². The summed E-state index contributed by atoms with van der Waals surface area (Å²) < 4.78 is 4.97. The molecule has 13 heavy (non-hydrogen) atoms. The molecule has 0 atom stereocenters. The van der Waals surface area contributed by atoms with Crippen LogP contribution in [0.25, 0.3) is 0 Å². The smallest absolute Gasteiger partial charge is 0.156 e. The quantitative estimate of drug-likeness (QED) is 0.865. The third kappa shape index (κ3) is 2.92. The summed E-state index contributed by atoms with van der Waals surface area (Å²) in [6, 6.07) is 3.48. The number of rotatable bonds is 2. The van der Waals surface area contributed by atoms with Crippen molar-refractivity contribution < 1.29 is 4.74 Å². The molecule has 1 rings (SSSR count). The lowest BCUT2D eigenvalue weighted by Gasteiger charge is -2.06. The van der Waals surface area contributed by atoms with E-state index in [0.29, 0.717) is 22.3 Å². The Morgan fingerprint density at radius 1 is 1.31 bits per heavy atom. The van der Waals surface area contributed by atoms with Crippen molar-refractivity contribution in [3.05, 3.63) is 27.7 Å². The van der Waals surface area contributed by atoms with E-state index in [-0.39, 0.29) is 12.4 Å². The van der Waals surface area contributed by atoms with Crippen LogP contribution in [0, 0.1) is 0 Å². The Labute approximate surface area is 93.4 Å². The first-order valence-electron chi connectivity index (χ1n) is 3.41. The van der Waals surface area contributed by atoms with E-state index in [9.17, 15) is 0 Å². The number of hydrogen-bond donors (Lipinski definition) is 1. The van der Waals surface area contributed by atoms with Crippen LogP contribution in [0.15, 0.2) is 12.1 Å². The molecule has 2 N–H and O–H groups in total. The molecule has 0 unspecified atom stereocenters. The average Bonchev–Trinajstić information content (AvgIpc) is 2.03. The maximum atomic E-state index is 5.85. The van der Waals surface area contributed by atoms with Crippen LogP contribution in [0.1, 0.15) is 5.56 Å². The molecule has 0 radical (unpaired) electrons. The van der Waals surface area contributed by atoms with Crippen LogP contribution in [0.3, 0.4) is 0 Å². The summed E-state index contributed by atoms with van der Waals surface area (Å²) in [6.07, 6.45) is 0. The highest BCUT2D eigenvalue weighted by Crippen LogP contribution is 2.33. The van der Waals surface area contributed by atoms with E-state index in [4.69, 9.17) is 33.7 Å². The summed E-state index contributed by atoms with van der Waals surface area (Å²) in [5, 5.41) is 0.982. The standard InChI is InChI=1S/C8H9Cl2NO.ClH/c1-12-8-6(9)2-5(4-11)3-7(8)10;/h2-3H,4,11H2,1H3;1H. The zero-order valence-electron chi connectivity index (χ0n) is 7.01. The first kappa shape index (κ1) is 12.8. The van der Waals surface area contributed by atoms with E-state index >= 15 is 0 Å². The molecule has 0 aliphatic heterocycles. The molecule has 1 aromatic rings. The molecule has 0 aliphatic rings. The Bertz CT molecular complexity index is 268. The molecule has 0 saturated carbocycles. The van der Waals surface area contributed by atoms with Crippen LogP contribution in [0.2, 0.25) is 10.0 Å². The van der Waals surface area contributed by atoms with Crippen molar-refractivity contribution in [1.82, 2.24) is 0 Å². The van der Waals surface area contributed by atoms with Gasteiger partial charge in [0.15, 0.2) is 5.75 Å². The van der Waals surface area contributed by atoms with Gasteiger partial charge in [0.1, 0.15) is 0 Å². The van der Waals surface area contributed by atoms with E-state index in [0.717, 1.165) is 5.56 Å². The minimum absolute atomic E-state index is 0. The normalized spacial score (nSPS) is 9.23. The third-order valence-corrected chi connectivity index (χ3v) is 2.06. The zero-order chi connectivity index (χ0) is 9.14. The Hall–Kier alpha value is -0.150. The fourth-order valence-electron chi connectivity index (χ4n) is 0.925. The highest BCUT2D eigenvalue weighted by molar-refractivity contribution is 6.37. The number of hydrogen-bond acceptors (Lipinski definition) is 2. The lowest BCUT2D eigenvalue weighted by Crippen LogP contribution is -1.97. The molecule has 0 bridgehead atoms. The first-order valence-corrected chi connectivity index (χ1v) is 4.16. The summed E-state index contributed by atoms with van der Waals surface area (Å²) in [7, 11) is 1.52. The molecule has 0 fully saturated rings. The molecular formula is C8H10Cl3NO. The van der Waals surface area contributed by atoms with Gasteiger partial charge in [-0.25, -0.2) is 0 Å². The topological polar surface area (TPSA) is 35.2 Å². The van der Waals surface area contributed by atoms with Crippen LogP contribution in [0.5, 0.6) is 5.75 Å². The number of methoxy groups -OCH3 is 1. The first-order chi connectivity index (χ1) is 5.69. The van der Waals surface area contributed by atoms with E-state index in [1.54, 1.807) is 12.1 Å². The molecule has 0 spiro atoms. The molecular weight excluding hydrogens is 232 g/mol. The SMILES string of the molecule is COc1c(Cl)cc(CN)cc1Cl.Cl. The Morgan fingerprint density at radius 3 is 2.08 bits per heavy atom. The summed E-state index contributed by atoms with van der Waals surface area (Å²) in [4.78, 5) is 0. The second-order valence-corrected chi connectivity index (χ2v) is 3.11. The minimum Gasteiger partial charge on any atom is -0.494 e. The van der Waals surface area contributed by atoms with E-state index in [1.807, 2.05) is 0 Å². The van der Waals surface area contributed by atoms with Crippen molar-refractivity contribution in [1.29, 1.82) is 0 Å². The molecule has 0 aromatic heterocycles. The third-order valence-electron chi connectivity index (χ3n) is 1.50. The molecule has 0 amide bonds. The molecule has 0 saturated heterocycles. The second kappa shape index (κ2) is 5.55. The van der Waals surface area contributed by atoms with Crippen molar-refractivity contribution in [2.24, 2.45) is 5.73 Å². The van der Waals surface area contributed by atoms with Crippen molar-refractivity contribution in [2.45, 2.75) is 6.54 Å². The summed E-state index contributed by atoms with van der Waals surface area (Å²) in [6.45, 7) is 0.420. The van der Waals surface area contributed by atoms with Crippen LogP contribution in [-0.4, -0.2) is 7.11 Å². The second-order valence-electron chi connectivity index (χ2n) is 2.30. The Kier molecular flexibility index (Phi) is 5.49. The maximum Gasteiger partial charge on any atom is 0.156 e. The molecule has 1 aromatic carbocycles. The van der Waals surface area contributed by atoms with Gasteiger partial charge in [-0.2, -0.15) is 0 Å². The van der Waals surface area contributed by atoms with E-state index in [2.05, 4.69) is 0 Å². The maximum absolute atomic E-state index is 5.85. The molecule has 0 aliphatic carbocycles. The zero-order valence-corrected chi connectivity index (χ0v) is 9.34. The minimum atomic E-state index is 0. The highest BCUT2D eigenvalue weighted by atomic mass is 35.5. The van der Waals surface area contributed by atoms with Gasteiger partial charge in [0.05, 0.1) is 17.2 Å². The van der Waals surface area contributed by atoms with E-state index < -0.39 is 0 Å². The molecule has 2 nitrogen and oxygen atoms in total. The van der Waals surface area contributed by atoms with Crippen molar-refractivity contribution in [2.75, 3.05) is 7.11 Å².